The summed E-state index contributed by atoms with van der Waals surface area (Å²) in [5.74, 6) is 1.23. The molecule has 1 saturated heterocycles. The fraction of sp³-hybridized carbons (Fsp3) is 0.333. The molecule has 7 heteroatoms. The molecule has 2 amide bonds. The van der Waals surface area contributed by atoms with Crippen molar-refractivity contribution in [3.8, 4) is 5.75 Å². The molecule has 1 atom stereocenters. The standard InChI is InChI=1S/C21H23ClN2O3S/c1-21(2,13-22)20(26)23-15-7-4-6-14(10-15)19-24(18(25)12-28-19)16-8-5-9-17(11-16)27-3/h4-11,19H,12-13H2,1-3H3,(H,23,26). The highest BCUT2D eigenvalue weighted by Gasteiger charge is 2.34. The highest BCUT2D eigenvalue weighted by atomic mass is 35.5. The fourth-order valence-electron chi connectivity index (χ4n) is 2.84. The number of nitrogens with zero attached hydrogens (tertiary/aromatic N) is 1. The lowest BCUT2D eigenvalue weighted by Crippen LogP contribution is -2.32. The Hall–Kier alpha value is -2.18. The van der Waals surface area contributed by atoms with Crippen molar-refractivity contribution in [3.63, 3.8) is 0 Å². The lowest BCUT2D eigenvalue weighted by molar-refractivity contribution is -0.123. The molecule has 2 aromatic rings. The predicted octanol–water partition coefficient (Wildman–Crippen LogP) is 4.68. The van der Waals surface area contributed by atoms with Crippen LogP contribution in [0.1, 0.15) is 24.8 Å². The minimum Gasteiger partial charge on any atom is -0.497 e. The number of anilines is 2. The molecule has 1 aliphatic heterocycles. The molecule has 0 radical (unpaired) electrons. The number of nitrogens with one attached hydrogen (secondary N) is 1. The van der Waals surface area contributed by atoms with E-state index in [1.807, 2.05) is 48.5 Å². The first-order valence-electron chi connectivity index (χ1n) is 8.91. The summed E-state index contributed by atoms with van der Waals surface area (Å²) >= 11 is 7.46. The molecule has 1 N–H and O–H groups in total. The normalized spacial score (nSPS) is 16.9. The van der Waals surface area contributed by atoms with E-state index in [2.05, 4.69) is 5.32 Å². The number of halogens is 1. The van der Waals surface area contributed by atoms with Gasteiger partial charge in [-0.05, 0) is 43.7 Å². The maximum absolute atomic E-state index is 12.6. The highest BCUT2D eigenvalue weighted by Crippen LogP contribution is 2.43. The molecular weight excluding hydrogens is 396 g/mol. The van der Waals surface area contributed by atoms with Gasteiger partial charge in [-0.15, -0.1) is 23.4 Å². The van der Waals surface area contributed by atoms with E-state index in [1.54, 1.807) is 37.6 Å². The summed E-state index contributed by atoms with van der Waals surface area (Å²) in [6.45, 7) is 3.60. The van der Waals surface area contributed by atoms with Crippen LogP contribution in [0, 0.1) is 5.41 Å². The second-order valence-corrected chi connectivity index (χ2v) is 8.56. The van der Waals surface area contributed by atoms with Crippen LogP contribution in [0.3, 0.4) is 0 Å². The summed E-state index contributed by atoms with van der Waals surface area (Å²) in [4.78, 5) is 26.8. The SMILES string of the molecule is COc1cccc(N2C(=O)CSC2c2cccc(NC(=O)C(C)(C)CCl)c2)c1. The van der Waals surface area contributed by atoms with Gasteiger partial charge in [-0.3, -0.25) is 14.5 Å². The van der Waals surface area contributed by atoms with Gasteiger partial charge in [0.2, 0.25) is 11.8 Å². The van der Waals surface area contributed by atoms with Gasteiger partial charge in [0.25, 0.3) is 0 Å². The van der Waals surface area contributed by atoms with Crippen molar-refractivity contribution in [1.29, 1.82) is 0 Å². The van der Waals surface area contributed by atoms with Crippen LogP contribution in [0.15, 0.2) is 48.5 Å². The maximum Gasteiger partial charge on any atom is 0.238 e. The van der Waals surface area contributed by atoms with Crippen molar-refractivity contribution in [2.75, 3.05) is 29.0 Å². The Labute approximate surface area is 174 Å². The third kappa shape index (κ3) is 4.28. The van der Waals surface area contributed by atoms with Gasteiger partial charge in [0.1, 0.15) is 11.1 Å². The second kappa shape index (κ2) is 8.45. The summed E-state index contributed by atoms with van der Waals surface area (Å²) in [5.41, 5.74) is 1.76. The highest BCUT2D eigenvalue weighted by molar-refractivity contribution is 8.00. The Bertz CT molecular complexity index is 887. The molecule has 2 aromatic carbocycles. The van der Waals surface area contributed by atoms with Gasteiger partial charge in [0, 0.05) is 23.3 Å². The third-order valence-electron chi connectivity index (χ3n) is 4.58. The lowest BCUT2D eigenvalue weighted by atomic mass is 9.95. The third-order valence-corrected chi connectivity index (χ3v) is 6.46. The van der Waals surface area contributed by atoms with Crippen molar-refractivity contribution in [2.45, 2.75) is 19.2 Å². The van der Waals surface area contributed by atoms with Gasteiger partial charge in [-0.25, -0.2) is 0 Å². The molecule has 1 fully saturated rings. The molecule has 0 bridgehead atoms. The number of benzene rings is 2. The van der Waals surface area contributed by atoms with E-state index in [-0.39, 0.29) is 23.1 Å². The van der Waals surface area contributed by atoms with Gasteiger partial charge in [0.05, 0.1) is 18.3 Å². The molecule has 3 rings (SSSR count). The zero-order valence-corrected chi connectivity index (χ0v) is 17.6. The van der Waals surface area contributed by atoms with E-state index in [1.165, 1.54) is 0 Å². The van der Waals surface area contributed by atoms with Gasteiger partial charge in [-0.1, -0.05) is 18.2 Å². The number of alkyl halides is 1. The molecule has 1 heterocycles. The Balaban J connectivity index is 1.88. The zero-order valence-electron chi connectivity index (χ0n) is 16.1. The van der Waals surface area contributed by atoms with Gasteiger partial charge >= 0.3 is 0 Å². The zero-order chi connectivity index (χ0) is 20.3. The van der Waals surface area contributed by atoms with Crippen molar-refractivity contribution < 1.29 is 14.3 Å². The monoisotopic (exact) mass is 418 g/mol. The number of hydrogen-bond acceptors (Lipinski definition) is 4. The summed E-state index contributed by atoms with van der Waals surface area (Å²) < 4.78 is 5.29. The topological polar surface area (TPSA) is 58.6 Å². The lowest BCUT2D eigenvalue weighted by Gasteiger charge is -2.25. The van der Waals surface area contributed by atoms with E-state index in [9.17, 15) is 9.59 Å². The molecule has 0 saturated carbocycles. The molecule has 1 aliphatic rings. The number of hydrogen-bond donors (Lipinski definition) is 1. The van der Waals surface area contributed by atoms with Crippen molar-refractivity contribution >= 4 is 46.6 Å². The molecular formula is C21H23ClN2O3S. The van der Waals surface area contributed by atoms with Crippen LogP contribution in [0.4, 0.5) is 11.4 Å². The number of thioether (sulfide) groups is 1. The Morgan fingerprint density at radius 3 is 2.75 bits per heavy atom. The fourth-order valence-corrected chi connectivity index (χ4v) is 4.13. The predicted molar refractivity (Wildman–Crippen MR) is 115 cm³/mol. The number of methoxy groups -OCH3 is 1. The van der Waals surface area contributed by atoms with E-state index in [0.717, 1.165) is 11.3 Å². The summed E-state index contributed by atoms with van der Waals surface area (Å²) in [6, 6.07) is 15.1. The number of amides is 2. The van der Waals surface area contributed by atoms with Crippen molar-refractivity contribution in [2.24, 2.45) is 5.41 Å². The first-order valence-corrected chi connectivity index (χ1v) is 10.5. The Kier molecular flexibility index (Phi) is 6.20. The van der Waals surface area contributed by atoms with Crippen LogP contribution in [0.25, 0.3) is 0 Å². The van der Waals surface area contributed by atoms with Crippen LogP contribution in [0.5, 0.6) is 5.75 Å². The Morgan fingerprint density at radius 1 is 1.29 bits per heavy atom. The molecule has 0 aromatic heterocycles. The smallest absolute Gasteiger partial charge is 0.238 e. The van der Waals surface area contributed by atoms with Crippen LogP contribution in [0.2, 0.25) is 0 Å². The quantitative estimate of drug-likeness (QED) is 0.692. The van der Waals surface area contributed by atoms with E-state index in [0.29, 0.717) is 17.2 Å². The number of ether oxygens (including phenoxy) is 1. The second-order valence-electron chi connectivity index (χ2n) is 7.23. The van der Waals surface area contributed by atoms with Crippen LogP contribution in [-0.2, 0) is 9.59 Å². The minimum absolute atomic E-state index is 0.0426. The van der Waals surface area contributed by atoms with E-state index in [4.69, 9.17) is 16.3 Å². The summed E-state index contributed by atoms with van der Waals surface area (Å²) in [7, 11) is 1.60. The maximum atomic E-state index is 12.6. The first-order chi connectivity index (χ1) is 13.4. The summed E-state index contributed by atoms with van der Waals surface area (Å²) in [6.07, 6.45) is 0. The molecule has 5 nitrogen and oxygen atoms in total. The van der Waals surface area contributed by atoms with Gasteiger partial charge < -0.3 is 10.1 Å². The summed E-state index contributed by atoms with van der Waals surface area (Å²) in [5, 5.41) is 2.76. The van der Waals surface area contributed by atoms with Crippen molar-refractivity contribution in [1.82, 2.24) is 0 Å². The molecule has 28 heavy (non-hydrogen) atoms. The van der Waals surface area contributed by atoms with Crippen LogP contribution >= 0.6 is 23.4 Å². The molecule has 0 spiro atoms. The molecule has 148 valence electrons. The van der Waals surface area contributed by atoms with Crippen molar-refractivity contribution in [3.05, 3.63) is 54.1 Å². The number of carbonyl (C=O) groups is 2. The van der Waals surface area contributed by atoms with E-state index >= 15 is 0 Å². The van der Waals surface area contributed by atoms with Gasteiger partial charge in [-0.2, -0.15) is 0 Å². The van der Waals surface area contributed by atoms with Crippen LogP contribution < -0.4 is 15.0 Å². The molecule has 0 aliphatic carbocycles. The number of carbonyl (C=O) groups excluding carboxylic acids is 2. The number of rotatable bonds is 6. The van der Waals surface area contributed by atoms with Gasteiger partial charge in [0.15, 0.2) is 0 Å². The van der Waals surface area contributed by atoms with Crippen LogP contribution in [-0.4, -0.2) is 30.6 Å². The minimum atomic E-state index is -0.664. The largest absolute Gasteiger partial charge is 0.497 e. The Morgan fingerprint density at radius 2 is 2.04 bits per heavy atom. The average molecular weight is 419 g/mol. The average Bonchev–Trinajstić information content (AvgIpc) is 3.09. The van der Waals surface area contributed by atoms with E-state index < -0.39 is 5.41 Å². The molecule has 1 unspecified atom stereocenters. The first kappa shape index (κ1) is 20.6.